The van der Waals surface area contributed by atoms with E-state index in [0.29, 0.717) is 36.6 Å². The number of rotatable bonds is 3. The zero-order valence-corrected chi connectivity index (χ0v) is 17.9. The van der Waals surface area contributed by atoms with Crippen molar-refractivity contribution < 1.29 is 13.2 Å². The summed E-state index contributed by atoms with van der Waals surface area (Å²) in [6.07, 6.45) is 4.94. The summed E-state index contributed by atoms with van der Waals surface area (Å²) in [6.45, 7) is 1.42. The van der Waals surface area contributed by atoms with Crippen molar-refractivity contribution in [3.05, 3.63) is 65.4 Å². The molecule has 7 heteroatoms. The maximum absolute atomic E-state index is 13.1. The Kier molecular flexibility index (Phi) is 4.67. The predicted octanol–water partition coefficient (Wildman–Crippen LogP) is 2.81. The Morgan fingerprint density at radius 3 is 2.47 bits per heavy atom. The highest BCUT2D eigenvalue weighted by atomic mass is 32.2. The molecule has 156 valence electrons. The van der Waals surface area contributed by atoms with E-state index in [2.05, 4.69) is 0 Å². The minimum atomic E-state index is -3.54. The Hall–Kier alpha value is -2.64. The van der Waals surface area contributed by atoms with Crippen LogP contribution >= 0.6 is 0 Å². The van der Waals surface area contributed by atoms with Crippen LogP contribution in [0.5, 0.6) is 0 Å². The normalized spacial score (nSPS) is 17.4. The van der Waals surface area contributed by atoms with E-state index in [-0.39, 0.29) is 5.91 Å². The molecule has 6 nitrogen and oxygen atoms in total. The molecule has 1 amide bonds. The van der Waals surface area contributed by atoms with Gasteiger partial charge in [0, 0.05) is 50.3 Å². The lowest BCUT2D eigenvalue weighted by Gasteiger charge is -2.34. The van der Waals surface area contributed by atoms with Crippen molar-refractivity contribution >= 4 is 26.8 Å². The van der Waals surface area contributed by atoms with Crippen molar-refractivity contribution in [2.75, 3.05) is 26.2 Å². The van der Waals surface area contributed by atoms with Gasteiger partial charge in [-0.2, -0.15) is 4.31 Å². The second kappa shape index (κ2) is 7.25. The summed E-state index contributed by atoms with van der Waals surface area (Å²) in [7, 11) is -1.61. The maximum Gasteiger partial charge on any atom is 0.256 e. The summed E-state index contributed by atoms with van der Waals surface area (Å²) in [4.78, 5) is 15.3. The number of hydrogen-bond acceptors (Lipinski definition) is 3. The third-order valence-corrected chi connectivity index (χ3v) is 8.26. The van der Waals surface area contributed by atoms with E-state index in [0.717, 1.165) is 35.7 Å². The number of piperazine rings is 1. The largest absolute Gasteiger partial charge is 0.350 e. The molecule has 0 radical (unpaired) electrons. The number of aryl methyl sites for hydroxylation is 3. The Labute approximate surface area is 176 Å². The highest BCUT2D eigenvalue weighted by molar-refractivity contribution is 7.89. The number of sulfonamides is 1. The molecule has 2 aromatic carbocycles. The molecule has 1 aliphatic heterocycles. The molecule has 1 saturated heterocycles. The number of aromatic nitrogens is 1. The molecule has 2 heterocycles. The van der Waals surface area contributed by atoms with Gasteiger partial charge in [0.25, 0.3) is 5.91 Å². The molecule has 1 aliphatic carbocycles. The van der Waals surface area contributed by atoms with Crippen LogP contribution in [0.4, 0.5) is 0 Å². The van der Waals surface area contributed by atoms with Crippen LogP contribution in [0.2, 0.25) is 0 Å². The van der Waals surface area contributed by atoms with Crippen molar-refractivity contribution in [1.29, 1.82) is 0 Å². The molecule has 0 saturated carbocycles. The number of amides is 1. The van der Waals surface area contributed by atoms with Gasteiger partial charge in [-0.05, 0) is 48.6 Å². The van der Waals surface area contributed by atoms with Gasteiger partial charge in [-0.1, -0.05) is 24.3 Å². The zero-order valence-electron chi connectivity index (χ0n) is 17.0. The van der Waals surface area contributed by atoms with Crippen molar-refractivity contribution in [2.45, 2.75) is 24.2 Å². The van der Waals surface area contributed by atoms with Crippen molar-refractivity contribution in [1.82, 2.24) is 13.8 Å². The van der Waals surface area contributed by atoms with Gasteiger partial charge in [-0.3, -0.25) is 4.79 Å². The number of benzene rings is 2. The van der Waals surface area contributed by atoms with Gasteiger partial charge in [0.2, 0.25) is 10.0 Å². The van der Waals surface area contributed by atoms with Crippen LogP contribution in [0.3, 0.4) is 0 Å². The first-order chi connectivity index (χ1) is 14.4. The van der Waals surface area contributed by atoms with Gasteiger partial charge in [0.1, 0.15) is 0 Å². The lowest BCUT2D eigenvalue weighted by Crippen LogP contribution is -2.50. The number of carbonyl (C=O) groups excluding carboxylic acids is 1. The molecular formula is C23H25N3O3S. The summed E-state index contributed by atoms with van der Waals surface area (Å²) in [5.41, 5.74) is 4.10. The fourth-order valence-electron chi connectivity index (χ4n) is 4.67. The Morgan fingerprint density at radius 2 is 1.67 bits per heavy atom. The number of carbonyl (C=O) groups is 1. The number of fused-ring (bicyclic) bond motifs is 2. The van der Waals surface area contributed by atoms with Crippen molar-refractivity contribution in [2.24, 2.45) is 7.05 Å². The average Bonchev–Trinajstić information content (AvgIpc) is 3.37. The predicted molar refractivity (Wildman–Crippen MR) is 116 cm³/mol. The summed E-state index contributed by atoms with van der Waals surface area (Å²) < 4.78 is 29.7. The number of hydrogen-bond donors (Lipinski definition) is 0. The fraction of sp³-hybridized carbons (Fsp3) is 0.348. The molecule has 0 N–H and O–H groups in total. The van der Waals surface area contributed by atoms with E-state index >= 15 is 0 Å². The maximum atomic E-state index is 13.1. The van der Waals surface area contributed by atoms with E-state index < -0.39 is 10.0 Å². The molecular weight excluding hydrogens is 398 g/mol. The van der Waals surface area contributed by atoms with Gasteiger partial charge in [0.05, 0.1) is 10.5 Å². The first-order valence-corrected chi connectivity index (χ1v) is 11.8. The SMILES string of the molecule is Cn1cc(C(=O)N2CCN(S(=O)(=O)c3ccc4c(c3)CCC4)CC2)c2ccccc21. The monoisotopic (exact) mass is 423 g/mol. The van der Waals surface area contributed by atoms with Crippen LogP contribution in [0.1, 0.15) is 27.9 Å². The van der Waals surface area contributed by atoms with E-state index in [1.54, 1.807) is 11.0 Å². The van der Waals surface area contributed by atoms with Crippen LogP contribution in [0, 0.1) is 0 Å². The Bertz CT molecular complexity index is 1240. The van der Waals surface area contributed by atoms with E-state index in [4.69, 9.17) is 0 Å². The second-order valence-corrected chi connectivity index (χ2v) is 10.1. The molecule has 5 rings (SSSR count). The molecule has 30 heavy (non-hydrogen) atoms. The first-order valence-electron chi connectivity index (χ1n) is 10.4. The summed E-state index contributed by atoms with van der Waals surface area (Å²) in [5, 5.41) is 0.929. The highest BCUT2D eigenvalue weighted by Crippen LogP contribution is 2.27. The summed E-state index contributed by atoms with van der Waals surface area (Å²) in [6, 6.07) is 13.4. The number of nitrogens with zero attached hydrogens (tertiary/aromatic N) is 3. The summed E-state index contributed by atoms with van der Waals surface area (Å²) in [5.74, 6) is -0.0404. The first kappa shape index (κ1) is 19.3. The van der Waals surface area contributed by atoms with Gasteiger partial charge in [0.15, 0.2) is 0 Å². The summed E-state index contributed by atoms with van der Waals surface area (Å²) >= 11 is 0. The standard InChI is InChI=1S/C23H25N3O3S/c1-24-16-21(20-7-2-3-8-22(20)24)23(27)25-11-13-26(14-12-25)30(28,29)19-10-9-17-5-4-6-18(17)15-19/h2-3,7-10,15-16H,4-6,11-14H2,1H3. The lowest BCUT2D eigenvalue weighted by molar-refractivity contribution is 0.0699. The topological polar surface area (TPSA) is 62.6 Å². The van der Waals surface area contributed by atoms with Gasteiger partial charge in [-0.25, -0.2) is 8.42 Å². The molecule has 0 atom stereocenters. The zero-order chi connectivity index (χ0) is 20.9. The van der Waals surface area contributed by atoms with Gasteiger partial charge >= 0.3 is 0 Å². The fourth-order valence-corrected chi connectivity index (χ4v) is 6.15. The molecule has 1 fully saturated rings. The minimum Gasteiger partial charge on any atom is -0.350 e. The van der Waals surface area contributed by atoms with Crippen LogP contribution in [-0.4, -0.2) is 54.3 Å². The molecule has 1 aromatic heterocycles. The smallest absolute Gasteiger partial charge is 0.256 e. The van der Waals surface area contributed by atoms with Gasteiger partial charge < -0.3 is 9.47 Å². The van der Waals surface area contributed by atoms with E-state index in [1.807, 2.05) is 54.2 Å². The van der Waals surface area contributed by atoms with Crippen LogP contribution in [0.15, 0.2) is 53.6 Å². The Balaban J connectivity index is 1.33. The van der Waals surface area contributed by atoms with Crippen LogP contribution in [0.25, 0.3) is 10.9 Å². The second-order valence-electron chi connectivity index (χ2n) is 8.15. The highest BCUT2D eigenvalue weighted by Gasteiger charge is 2.31. The number of para-hydroxylation sites is 1. The van der Waals surface area contributed by atoms with Crippen LogP contribution < -0.4 is 0 Å². The van der Waals surface area contributed by atoms with Crippen LogP contribution in [-0.2, 0) is 29.9 Å². The van der Waals surface area contributed by atoms with Crippen molar-refractivity contribution in [3.63, 3.8) is 0 Å². The molecule has 0 spiro atoms. The third kappa shape index (κ3) is 3.13. The third-order valence-electron chi connectivity index (χ3n) is 6.36. The van der Waals surface area contributed by atoms with Gasteiger partial charge in [-0.15, -0.1) is 0 Å². The molecule has 3 aromatic rings. The van der Waals surface area contributed by atoms with E-state index in [9.17, 15) is 13.2 Å². The molecule has 0 unspecified atom stereocenters. The lowest BCUT2D eigenvalue weighted by atomic mass is 10.1. The van der Waals surface area contributed by atoms with E-state index in [1.165, 1.54) is 9.87 Å². The minimum absolute atomic E-state index is 0.0404. The van der Waals surface area contributed by atoms with Crippen molar-refractivity contribution in [3.8, 4) is 0 Å². The molecule has 0 bridgehead atoms. The average molecular weight is 424 g/mol. The Morgan fingerprint density at radius 1 is 0.933 bits per heavy atom. The quantitative estimate of drug-likeness (QED) is 0.651. The molecule has 2 aliphatic rings.